The highest BCUT2D eigenvalue weighted by Gasteiger charge is 2.12. The van der Waals surface area contributed by atoms with Gasteiger partial charge in [-0.05, 0) is 64.2 Å². The van der Waals surface area contributed by atoms with Crippen LogP contribution < -0.4 is 16.0 Å². The third kappa shape index (κ3) is 8.74. The summed E-state index contributed by atoms with van der Waals surface area (Å²) in [5, 5.41) is 12.6. The standard InChI is InChI=1S/C30H36N6OS2/c1-21-11-9-12-23(17-21)22(2)33-25-14-10-13-24(18-25)26-20-38-28(34-26)27-19-32-30(39-27)35-29(37)31-15-7-5-6-8-16-36(3)4/h9-14,17-20,33H,2,5-8,15-16H2,1,3-4H3,(H2,31,32,35,37). The molecule has 3 N–H and O–H groups in total. The molecule has 0 atom stereocenters. The Labute approximate surface area is 239 Å². The van der Waals surface area contributed by atoms with Crippen LogP contribution in [0.25, 0.3) is 26.8 Å². The van der Waals surface area contributed by atoms with Crippen molar-refractivity contribution in [2.24, 2.45) is 0 Å². The van der Waals surface area contributed by atoms with Gasteiger partial charge >= 0.3 is 6.03 Å². The van der Waals surface area contributed by atoms with Crippen molar-refractivity contribution in [1.29, 1.82) is 0 Å². The highest BCUT2D eigenvalue weighted by atomic mass is 32.1. The van der Waals surface area contributed by atoms with Crippen LogP contribution in [0.5, 0.6) is 0 Å². The molecule has 4 aromatic rings. The van der Waals surface area contributed by atoms with E-state index in [2.05, 4.69) is 77.7 Å². The Morgan fingerprint density at radius 1 is 1.03 bits per heavy atom. The Morgan fingerprint density at radius 3 is 2.67 bits per heavy atom. The number of aromatic nitrogens is 2. The lowest BCUT2D eigenvalue weighted by Gasteiger charge is -2.11. The fourth-order valence-corrected chi connectivity index (χ4v) is 5.73. The minimum absolute atomic E-state index is 0.222. The molecule has 39 heavy (non-hydrogen) atoms. The summed E-state index contributed by atoms with van der Waals surface area (Å²) in [6.07, 6.45) is 6.21. The maximum atomic E-state index is 12.3. The number of hydrogen-bond donors (Lipinski definition) is 3. The van der Waals surface area contributed by atoms with Crippen LogP contribution in [0.15, 0.2) is 66.7 Å². The molecule has 0 spiro atoms. The number of thiazole rings is 2. The van der Waals surface area contributed by atoms with Crippen molar-refractivity contribution in [3.8, 4) is 21.1 Å². The maximum absolute atomic E-state index is 12.3. The van der Waals surface area contributed by atoms with Crippen LogP contribution in [-0.2, 0) is 0 Å². The summed E-state index contributed by atoms with van der Waals surface area (Å²) >= 11 is 2.99. The Balaban J connectivity index is 1.29. The van der Waals surface area contributed by atoms with Crippen molar-refractivity contribution in [2.45, 2.75) is 32.6 Å². The van der Waals surface area contributed by atoms with E-state index in [4.69, 9.17) is 4.98 Å². The third-order valence-electron chi connectivity index (χ3n) is 6.08. The van der Waals surface area contributed by atoms with Crippen molar-refractivity contribution in [1.82, 2.24) is 20.2 Å². The SMILES string of the molecule is C=C(Nc1cccc(-c2csc(-c3cnc(NC(=O)NCCCCCCN(C)C)s3)n2)c1)c1cccc(C)c1. The molecule has 7 nitrogen and oxygen atoms in total. The molecule has 2 heterocycles. The molecule has 0 aliphatic carbocycles. The minimum Gasteiger partial charge on any atom is -0.356 e. The summed E-state index contributed by atoms with van der Waals surface area (Å²) in [7, 11) is 4.18. The van der Waals surface area contributed by atoms with Crippen molar-refractivity contribution < 1.29 is 4.79 Å². The fraction of sp³-hybridized carbons (Fsp3) is 0.300. The zero-order valence-corrected chi connectivity index (χ0v) is 24.4. The van der Waals surface area contributed by atoms with Crippen molar-refractivity contribution >= 4 is 45.2 Å². The van der Waals surface area contributed by atoms with Crippen LogP contribution >= 0.6 is 22.7 Å². The van der Waals surface area contributed by atoms with Gasteiger partial charge in [-0.3, -0.25) is 5.32 Å². The third-order valence-corrected chi connectivity index (χ3v) is 8.00. The molecule has 0 fully saturated rings. The second-order valence-electron chi connectivity index (χ2n) is 9.72. The number of anilines is 2. The average Bonchev–Trinajstić information content (AvgIpc) is 3.58. The summed E-state index contributed by atoms with van der Waals surface area (Å²) in [5.74, 6) is 0. The lowest BCUT2D eigenvalue weighted by atomic mass is 10.1. The van der Waals surface area contributed by atoms with Gasteiger partial charge in [-0.25, -0.2) is 14.8 Å². The van der Waals surface area contributed by atoms with Crippen molar-refractivity contribution in [3.63, 3.8) is 0 Å². The number of nitrogens with one attached hydrogen (secondary N) is 3. The van der Waals surface area contributed by atoms with Gasteiger partial charge in [-0.1, -0.05) is 66.7 Å². The molecule has 2 aromatic heterocycles. The zero-order valence-electron chi connectivity index (χ0n) is 22.8. The van der Waals surface area contributed by atoms with Gasteiger partial charge in [0.25, 0.3) is 0 Å². The van der Waals surface area contributed by atoms with Crippen LogP contribution in [0.1, 0.15) is 36.8 Å². The predicted octanol–water partition coefficient (Wildman–Crippen LogP) is 7.57. The number of amides is 2. The molecule has 0 unspecified atom stereocenters. The molecule has 2 amide bonds. The van der Waals surface area contributed by atoms with E-state index in [0.29, 0.717) is 11.7 Å². The van der Waals surface area contributed by atoms with Gasteiger partial charge in [0.2, 0.25) is 0 Å². The summed E-state index contributed by atoms with van der Waals surface area (Å²) in [6, 6.07) is 16.2. The zero-order chi connectivity index (χ0) is 27.6. The van der Waals surface area contributed by atoms with Crippen LogP contribution in [0.3, 0.4) is 0 Å². The summed E-state index contributed by atoms with van der Waals surface area (Å²) in [6.45, 7) is 8.04. The quantitative estimate of drug-likeness (QED) is 0.147. The number of unbranched alkanes of at least 4 members (excludes halogenated alkanes) is 3. The number of benzene rings is 2. The summed E-state index contributed by atoms with van der Waals surface area (Å²) < 4.78 is 0. The van der Waals surface area contributed by atoms with E-state index in [9.17, 15) is 4.79 Å². The number of nitrogens with zero attached hydrogens (tertiary/aromatic N) is 3. The average molecular weight is 561 g/mol. The molecule has 4 rings (SSSR count). The van der Waals surface area contributed by atoms with Crippen LogP contribution in [0.4, 0.5) is 15.6 Å². The Morgan fingerprint density at radius 2 is 1.85 bits per heavy atom. The first-order valence-corrected chi connectivity index (χ1v) is 14.8. The molecule has 0 bridgehead atoms. The first kappa shape index (κ1) is 28.5. The largest absolute Gasteiger partial charge is 0.356 e. The van der Waals surface area contributed by atoms with E-state index in [1.54, 1.807) is 17.5 Å². The number of aryl methyl sites for hydroxylation is 1. The van der Waals surface area contributed by atoms with E-state index in [1.807, 2.05) is 29.6 Å². The minimum atomic E-state index is -0.222. The topological polar surface area (TPSA) is 82.2 Å². The second kappa shape index (κ2) is 14.0. The smallest absolute Gasteiger partial charge is 0.321 e. The van der Waals surface area contributed by atoms with Crippen LogP contribution in [0, 0.1) is 6.92 Å². The fourth-order valence-electron chi connectivity index (χ4n) is 4.04. The molecule has 0 radical (unpaired) electrons. The molecular weight excluding hydrogens is 525 g/mol. The molecule has 9 heteroatoms. The first-order valence-electron chi connectivity index (χ1n) is 13.1. The number of rotatable bonds is 13. The van der Waals surface area contributed by atoms with Gasteiger partial charge in [-0.15, -0.1) is 11.3 Å². The lowest BCUT2D eigenvalue weighted by molar-refractivity contribution is 0.252. The summed E-state index contributed by atoms with van der Waals surface area (Å²) in [4.78, 5) is 24.6. The maximum Gasteiger partial charge on any atom is 0.321 e. The molecule has 0 aliphatic rings. The van der Waals surface area contributed by atoms with Gasteiger partial charge in [0.1, 0.15) is 5.01 Å². The molecule has 0 saturated heterocycles. The lowest BCUT2D eigenvalue weighted by Crippen LogP contribution is -2.29. The van der Waals surface area contributed by atoms with E-state index in [-0.39, 0.29) is 6.03 Å². The molecule has 2 aromatic carbocycles. The number of carbonyl (C=O) groups is 1. The Kier molecular flexibility index (Phi) is 10.2. The van der Waals surface area contributed by atoms with E-state index in [0.717, 1.165) is 57.5 Å². The number of carbonyl (C=O) groups excluding carboxylic acids is 1. The Bertz CT molecular complexity index is 1390. The molecule has 0 saturated carbocycles. The van der Waals surface area contributed by atoms with E-state index >= 15 is 0 Å². The first-order chi connectivity index (χ1) is 18.9. The van der Waals surface area contributed by atoms with Gasteiger partial charge < -0.3 is 15.5 Å². The van der Waals surface area contributed by atoms with Crippen LogP contribution in [-0.4, -0.2) is 48.1 Å². The van der Waals surface area contributed by atoms with Crippen molar-refractivity contribution in [3.05, 3.63) is 77.8 Å². The monoisotopic (exact) mass is 560 g/mol. The van der Waals surface area contributed by atoms with Crippen molar-refractivity contribution in [2.75, 3.05) is 37.8 Å². The summed E-state index contributed by atoms with van der Waals surface area (Å²) in [5.41, 5.74) is 5.98. The van der Waals surface area contributed by atoms with E-state index < -0.39 is 0 Å². The van der Waals surface area contributed by atoms with Gasteiger partial charge in [0.05, 0.1) is 16.8 Å². The predicted molar refractivity (Wildman–Crippen MR) is 167 cm³/mol. The molecule has 204 valence electrons. The van der Waals surface area contributed by atoms with Crippen LogP contribution in [0.2, 0.25) is 0 Å². The second-order valence-corrected chi connectivity index (χ2v) is 11.6. The molecule has 0 aliphatic heterocycles. The normalized spacial score (nSPS) is 11.0. The highest BCUT2D eigenvalue weighted by Crippen LogP contribution is 2.34. The van der Waals surface area contributed by atoms with Gasteiger partial charge in [0.15, 0.2) is 5.13 Å². The van der Waals surface area contributed by atoms with Gasteiger partial charge in [-0.2, -0.15) is 0 Å². The number of hydrogen-bond acceptors (Lipinski definition) is 7. The van der Waals surface area contributed by atoms with E-state index in [1.165, 1.54) is 29.7 Å². The Hall–Kier alpha value is -3.53. The van der Waals surface area contributed by atoms with Gasteiger partial charge in [0, 0.05) is 28.9 Å². The molecular formula is C30H36N6OS2. The number of urea groups is 1. The highest BCUT2D eigenvalue weighted by molar-refractivity contribution is 7.23.